The van der Waals surface area contributed by atoms with Crippen molar-refractivity contribution < 1.29 is 9.53 Å². The number of carbonyl (C=O) groups is 1. The molecule has 0 radical (unpaired) electrons. The standard InChI is InChI=1S/C16H34N2O2/c1-12(2)9-18(10-13(3)4)11-16(7,15(19)20-8)17-14(5)6/h12-14,17H,9-11H2,1-8H3. The molecule has 0 rings (SSSR count). The average molecular weight is 286 g/mol. The molecule has 0 aliphatic carbocycles. The van der Waals surface area contributed by atoms with Crippen LogP contribution in [0, 0.1) is 11.8 Å². The number of esters is 1. The Morgan fingerprint density at radius 1 is 1.10 bits per heavy atom. The molecule has 0 aromatic carbocycles. The van der Waals surface area contributed by atoms with Crippen molar-refractivity contribution in [3.05, 3.63) is 0 Å². The summed E-state index contributed by atoms with van der Waals surface area (Å²) in [5.74, 6) is 0.966. The van der Waals surface area contributed by atoms with Crippen molar-refractivity contribution in [1.29, 1.82) is 0 Å². The van der Waals surface area contributed by atoms with Gasteiger partial charge < -0.3 is 9.64 Å². The van der Waals surface area contributed by atoms with Crippen molar-refractivity contribution in [2.75, 3.05) is 26.7 Å². The summed E-state index contributed by atoms with van der Waals surface area (Å²) in [6.45, 7) is 17.5. The molecule has 0 saturated carbocycles. The van der Waals surface area contributed by atoms with Gasteiger partial charge in [0.15, 0.2) is 0 Å². The van der Waals surface area contributed by atoms with E-state index in [1.807, 2.05) is 6.92 Å². The van der Waals surface area contributed by atoms with E-state index < -0.39 is 5.54 Å². The maximum Gasteiger partial charge on any atom is 0.327 e. The largest absolute Gasteiger partial charge is 0.468 e. The lowest BCUT2D eigenvalue weighted by Gasteiger charge is -2.37. The third-order valence-corrected chi connectivity index (χ3v) is 3.03. The van der Waals surface area contributed by atoms with Crippen LogP contribution in [0.25, 0.3) is 0 Å². The maximum atomic E-state index is 12.2. The van der Waals surface area contributed by atoms with Gasteiger partial charge in [0.2, 0.25) is 0 Å². The number of carbonyl (C=O) groups excluding carboxylic acids is 1. The number of hydrogen-bond acceptors (Lipinski definition) is 4. The number of methoxy groups -OCH3 is 1. The second-order valence-corrected chi connectivity index (χ2v) is 7.10. The van der Waals surface area contributed by atoms with Crippen molar-refractivity contribution in [3.8, 4) is 0 Å². The fourth-order valence-electron chi connectivity index (χ4n) is 2.72. The Morgan fingerprint density at radius 2 is 1.55 bits per heavy atom. The van der Waals surface area contributed by atoms with E-state index in [2.05, 4.69) is 51.8 Å². The van der Waals surface area contributed by atoms with Gasteiger partial charge in [0, 0.05) is 25.7 Å². The second kappa shape index (κ2) is 8.63. The van der Waals surface area contributed by atoms with Crippen molar-refractivity contribution in [2.24, 2.45) is 11.8 Å². The van der Waals surface area contributed by atoms with Crippen LogP contribution in [0.5, 0.6) is 0 Å². The molecule has 120 valence electrons. The van der Waals surface area contributed by atoms with Gasteiger partial charge in [-0.25, -0.2) is 0 Å². The Labute approximate surface area is 125 Å². The number of hydrogen-bond donors (Lipinski definition) is 1. The highest BCUT2D eigenvalue weighted by molar-refractivity contribution is 5.80. The molecule has 0 aliphatic rings. The SMILES string of the molecule is COC(=O)C(C)(CN(CC(C)C)CC(C)C)NC(C)C. The van der Waals surface area contributed by atoms with Crippen molar-refractivity contribution >= 4 is 5.97 Å². The molecule has 0 spiro atoms. The minimum Gasteiger partial charge on any atom is -0.468 e. The van der Waals surface area contributed by atoms with Crippen LogP contribution in [0.1, 0.15) is 48.5 Å². The molecule has 0 fully saturated rings. The minimum atomic E-state index is -0.660. The zero-order chi connectivity index (χ0) is 15.9. The first-order chi connectivity index (χ1) is 9.10. The molecule has 1 atom stereocenters. The fraction of sp³-hybridized carbons (Fsp3) is 0.938. The Morgan fingerprint density at radius 3 is 1.85 bits per heavy atom. The van der Waals surface area contributed by atoms with Crippen molar-refractivity contribution in [1.82, 2.24) is 10.2 Å². The van der Waals surface area contributed by atoms with Gasteiger partial charge in [-0.2, -0.15) is 0 Å². The first-order valence-corrected chi connectivity index (χ1v) is 7.69. The summed E-state index contributed by atoms with van der Waals surface area (Å²) in [4.78, 5) is 14.5. The van der Waals surface area contributed by atoms with E-state index in [9.17, 15) is 4.79 Å². The number of rotatable bonds is 9. The van der Waals surface area contributed by atoms with Crippen LogP contribution in [0.15, 0.2) is 0 Å². The Kier molecular flexibility index (Phi) is 8.36. The van der Waals surface area contributed by atoms with Crippen LogP contribution < -0.4 is 5.32 Å². The molecule has 20 heavy (non-hydrogen) atoms. The second-order valence-electron chi connectivity index (χ2n) is 7.10. The average Bonchev–Trinajstić information content (AvgIpc) is 2.24. The maximum absolute atomic E-state index is 12.2. The van der Waals surface area contributed by atoms with Gasteiger partial charge in [0.1, 0.15) is 5.54 Å². The van der Waals surface area contributed by atoms with Gasteiger partial charge in [-0.3, -0.25) is 10.1 Å². The molecule has 0 heterocycles. The number of nitrogens with zero attached hydrogens (tertiary/aromatic N) is 1. The lowest BCUT2D eigenvalue weighted by atomic mass is 9.99. The van der Waals surface area contributed by atoms with Gasteiger partial charge in [0.05, 0.1) is 7.11 Å². The highest BCUT2D eigenvalue weighted by Gasteiger charge is 2.36. The Bertz CT molecular complexity index is 280. The Hall–Kier alpha value is -0.610. The topological polar surface area (TPSA) is 41.6 Å². The van der Waals surface area contributed by atoms with Gasteiger partial charge in [-0.15, -0.1) is 0 Å². The van der Waals surface area contributed by atoms with E-state index >= 15 is 0 Å². The van der Waals surface area contributed by atoms with Gasteiger partial charge in [-0.05, 0) is 32.6 Å². The summed E-state index contributed by atoms with van der Waals surface area (Å²) in [5, 5.41) is 3.37. The van der Waals surface area contributed by atoms with Crippen LogP contribution in [0.4, 0.5) is 0 Å². The van der Waals surface area contributed by atoms with Gasteiger partial charge in [-0.1, -0.05) is 27.7 Å². The predicted molar refractivity (Wildman–Crippen MR) is 84.8 cm³/mol. The summed E-state index contributed by atoms with van der Waals surface area (Å²) >= 11 is 0. The smallest absolute Gasteiger partial charge is 0.327 e. The van der Waals surface area contributed by atoms with E-state index in [1.54, 1.807) is 0 Å². The van der Waals surface area contributed by atoms with Gasteiger partial charge >= 0.3 is 5.97 Å². The lowest BCUT2D eigenvalue weighted by Crippen LogP contribution is -2.60. The summed E-state index contributed by atoms with van der Waals surface area (Å²) in [6, 6.07) is 0.235. The molecule has 0 aliphatic heterocycles. The van der Waals surface area contributed by atoms with Crippen LogP contribution in [-0.4, -0.2) is 49.2 Å². The highest BCUT2D eigenvalue weighted by atomic mass is 16.5. The lowest BCUT2D eigenvalue weighted by molar-refractivity contribution is -0.149. The Balaban J connectivity index is 5.00. The third-order valence-electron chi connectivity index (χ3n) is 3.03. The number of ether oxygens (including phenoxy) is 1. The molecule has 4 heteroatoms. The van der Waals surface area contributed by atoms with Gasteiger partial charge in [0.25, 0.3) is 0 Å². The zero-order valence-corrected chi connectivity index (χ0v) is 14.6. The summed E-state index contributed by atoms with van der Waals surface area (Å²) in [7, 11) is 1.46. The summed E-state index contributed by atoms with van der Waals surface area (Å²) in [5.41, 5.74) is -0.660. The molecular formula is C16H34N2O2. The zero-order valence-electron chi connectivity index (χ0n) is 14.6. The van der Waals surface area contributed by atoms with Crippen LogP contribution >= 0.6 is 0 Å². The van der Waals surface area contributed by atoms with Crippen LogP contribution in [0.3, 0.4) is 0 Å². The van der Waals surface area contributed by atoms with Crippen molar-refractivity contribution in [3.63, 3.8) is 0 Å². The molecule has 1 unspecified atom stereocenters. The quantitative estimate of drug-likeness (QED) is 0.661. The van der Waals surface area contributed by atoms with E-state index in [4.69, 9.17) is 4.74 Å². The molecule has 0 amide bonds. The van der Waals surface area contributed by atoms with Crippen LogP contribution in [0.2, 0.25) is 0 Å². The molecular weight excluding hydrogens is 252 g/mol. The minimum absolute atomic E-state index is 0.191. The van der Waals surface area contributed by atoms with E-state index in [-0.39, 0.29) is 12.0 Å². The monoisotopic (exact) mass is 286 g/mol. The number of nitrogens with one attached hydrogen (secondary N) is 1. The fourth-order valence-corrected chi connectivity index (χ4v) is 2.72. The van der Waals surface area contributed by atoms with E-state index in [1.165, 1.54) is 7.11 Å². The van der Waals surface area contributed by atoms with Crippen molar-refractivity contribution in [2.45, 2.75) is 60.0 Å². The molecule has 0 saturated heterocycles. The van der Waals surface area contributed by atoms with E-state index in [0.717, 1.165) is 13.1 Å². The first-order valence-electron chi connectivity index (χ1n) is 7.69. The molecule has 0 aromatic heterocycles. The summed E-state index contributed by atoms with van der Waals surface area (Å²) < 4.78 is 5.00. The van der Waals surface area contributed by atoms with Crippen LogP contribution in [-0.2, 0) is 9.53 Å². The normalized spacial score (nSPS) is 15.2. The first kappa shape index (κ1) is 19.4. The summed E-state index contributed by atoms with van der Waals surface area (Å²) in [6.07, 6.45) is 0. The highest BCUT2D eigenvalue weighted by Crippen LogP contribution is 2.14. The molecule has 1 N–H and O–H groups in total. The van der Waals surface area contributed by atoms with E-state index in [0.29, 0.717) is 18.4 Å². The molecule has 4 nitrogen and oxygen atoms in total. The predicted octanol–water partition coefficient (Wildman–Crippen LogP) is 2.53. The molecule has 0 bridgehead atoms. The third kappa shape index (κ3) is 7.25. The molecule has 0 aromatic rings.